The van der Waals surface area contributed by atoms with Crippen molar-refractivity contribution in [2.75, 3.05) is 31.1 Å². The van der Waals surface area contributed by atoms with Gasteiger partial charge in [-0.15, -0.1) is 0 Å². The van der Waals surface area contributed by atoms with Gasteiger partial charge in [0.15, 0.2) is 5.11 Å². The van der Waals surface area contributed by atoms with Crippen molar-refractivity contribution in [2.45, 2.75) is 6.42 Å². The number of carbonyl (C=O) groups is 1. The number of hydrogen-bond acceptors (Lipinski definition) is 5. The number of piperazine rings is 1. The Hall–Kier alpha value is -2.71. The molecule has 2 aromatic carbocycles. The number of benzene rings is 2. The first kappa shape index (κ1) is 20.0. The number of nitrogens with zero attached hydrogens (tertiary/aromatic N) is 3. The number of nitrogens with one attached hydrogen (secondary N) is 1. The SMILES string of the molecule is O=C(Cc1ccccc1)NC(=S)N1CCN(c2ccc([N+](=O)[O-])cc2Cl)CC1. The molecule has 1 heterocycles. The van der Waals surface area contributed by atoms with Crippen molar-refractivity contribution in [3.63, 3.8) is 0 Å². The third-order valence-electron chi connectivity index (χ3n) is 4.50. The predicted molar refractivity (Wildman–Crippen MR) is 113 cm³/mol. The highest BCUT2D eigenvalue weighted by atomic mass is 35.5. The van der Waals surface area contributed by atoms with Crippen LogP contribution in [0.25, 0.3) is 0 Å². The van der Waals surface area contributed by atoms with E-state index in [1.807, 2.05) is 35.2 Å². The van der Waals surface area contributed by atoms with Gasteiger partial charge in [0.25, 0.3) is 5.69 Å². The highest BCUT2D eigenvalue weighted by molar-refractivity contribution is 7.80. The zero-order valence-corrected chi connectivity index (χ0v) is 16.6. The molecule has 1 amide bonds. The molecule has 28 heavy (non-hydrogen) atoms. The fraction of sp³-hybridized carbons (Fsp3) is 0.263. The van der Waals surface area contributed by atoms with Crippen molar-refractivity contribution in [2.24, 2.45) is 0 Å². The number of carbonyl (C=O) groups excluding carboxylic acids is 1. The summed E-state index contributed by atoms with van der Waals surface area (Å²) in [6, 6.07) is 14.0. The predicted octanol–water partition coefficient (Wildman–Crippen LogP) is 3.01. The Kier molecular flexibility index (Phi) is 6.43. The molecule has 3 rings (SSSR count). The lowest BCUT2D eigenvalue weighted by atomic mass is 10.1. The zero-order chi connectivity index (χ0) is 20.1. The molecule has 0 aliphatic carbocycles. The van der Waals surface area contributed by atoms with Crippen molar-refractivity contribution in [1.29, 1.82) is 0 Å². The number of hydrogen-bond donors (Lipinski definition) is 1. The lowest BCUT2D eigenvalue weighted by Gasteiger charge is -2.37. The van der Waals surface area contributed by atoms with Crippen LogP contribution < -0.4 is 10.2 Å². The van der Waals surface area contributed by atoms with E-state index in [4.69, 9.17) is 23.8 Å². The van der Waals surface area contributed by atoms with Gasteiger partial charge >= 0.3 is 0 Å². The molecular formula is C19H19ClN4O3S. The average molecular weight is 419 g/mol. The van der Waals surface area contributed by atoms with E-state index in [-0.39, 0.29) is 18.0 Å². The van der Waals surface area contributed by atoms with Gasteiger partial charge < -0.3 is 15.1 Å². The molecule has 0 saturated carbocycles. The summed E-state index contributed by atoms with van der Waals surface area (Å²) in [6.45, 7) is 2.54. The number of nitro benzene ring substituents is 1. The molecule has 0 bridgehead atoms. The standard InChI is InChI=1S/C19H19ClN4O3S/c20-16-13-15(24(26)27)6-7-17(16)22-8-10-23(11-9-22)19(28)21-18(25)12-14-4-2-1-3-5-14/h1-7,13H,8-12H2,(H,21,25,28). The molecule has 0 spiro atoms. The van der Waals surface area contributed by atoms with Crippen LogP contribution in [0.5, 0.6) is 0 Å². The molecule has 1 aliphatic heterocycles. The summed E-state index contributed by atoms with van der Waals surface area (Å²) in [5, 5.41) is 14.4. The summed E-state index contributed by atoms with van der Waals surface area (Å²) in [7, 11) is 0. The summed E-state index contributed by atoms with van der Waals surface area (Å²) in [6.07, 6.45) is 0.277. The molecule has 0 radical (unpaired) electrons. The second-order valence-electron chi connectivity index (χ2n) is 6.38. The topological polar surface area (TPSA) is 78.7 Å². The Labute approximate surface area is 173 Å². The van der Waals surface area contributed by atoms with Gasteiger partial charge in [0, 0.05) is 38.3 Å². The van der Waals surface area contributed by atoms with Crippen LogP contribution in [-0.4, -0.2) is 47.0 Å². The van der Waals surface area contributed by atoms with Crippen LogP contribution in [0.15, 0.2) is 48.5 Å². The molecule has 0 unspecified atom stereocenters. The number of nitro groups is 1. The van der Waals surface area contributed by atoms with Crippen molar-refractivity contribution < 1.29 is 9.72 Å². The molecule has 9 heteroatoms. The first-order valence-electron chi connectivity index (χ1n) is 8.75. The first-order chi connectivity index (χ1) is 13.4. The van der Waals surface area contributed by atoms with E-state index in [1.54, 1.807) is 6.07 Å². The quantitative estimate of drug-likeness (QED) is 0.467. The van der Waals surface area contributed by atoms with Crippen LogP contribution in [0.2, 0.25) is 5.02 Å². The fourth-order valence-electron chi connectivity index (χ4n) is 3.04. The second kappa shape index (κ2) is 8.99. The molecule has 1 saturated heterocycles. The smallest absolute Gasteiger partial charge is 0.271 e. The van der Waals surface area contributed by atoms with Crippen LogP contribution in [0.4, 0.5) is 11.4 Å². The van der Waals surface area contributed by atoms with Crippen LogP contribution in [-0.2, 0) is 11.2 Å². The van der Waals surface area contributed by atoms with Gasteiger partial charge in [-0.05, 0) is 23.8 Å². The minimum Gasteiger partial charge on any atom is -0.367 e. The monoisotopic (exact) mass is 418 g/mol. The highest BCUT2D eigenvalue weighted by Gasteiger charge is 2.22. The molecule has 7 nitrogen and oxygen atoms in total. The average Bonchev–Trinajstić information content (AvgIpc) is 2.68. The molecule has 146 valence electrons. The zero-order valence-electron chi connectivity index (χ0n) is 15.0. The summed E-state index contributed by atoms with van der Waals surface area (Å²) in [4.78, 5) is 26.5. The number of halogens is 1. The lowest BCUT2D eigenvalue weighted by Crippen LogP contribution is -2.53. The Bertz CT molecular complexity index is 886. The van der Waals surface area contributed by atoms with Gasteiger partial charge in [-0.2, -0.15) is 0 Å². The van der Waals surface area contributed by atoms with Crippen molar-refractivity contribution in [1.82, 2.24) is 10.2 Å². The van der Waals surface area contributed by atoms with E-state index in [1.165, 1.54) is 12.1 Å². The Morgan fingerprint density at radius 3 is 2.43 bits per heavy atom. The first-order valence-corrected chi connectivity index (χ1v) is 9.54. The molecule has 1 N–H and O–H groups in total. The van der Waals surface area contributed by atoms with E-state index in [9.17, 15) is 14.9 Å². The summed E-state index contributed by atoms with van der Waals surface area (Å²) >= 11 is 11.6. The summed E-state index contributed by atoms with van der Waals surface area (Å²) < 4.78 is 0. The van der Waals surface area contributed by atoms with Gasteiger partial charge in [-0.1, -0.05) is 41.9 Å². The molecule has 1 fully saturated rings. The van der Waals surface area contributed by atoms with Crippen LogP contribution in [0, 0.1) is 10.1 Å². The normalized spacial score (nSPS) is 13.9. The number of anilines is 1. The van der Waals surface area contributed by atoms with E-state index in [2.05, 4.69) is 10.2 Å². The van der Waals surface area contributed by atoms with E-state index >= 15 is 0 Å². The summed E-state index contributed by atoms with van der Waals surface area (Å²) in [5.41, 5.74) is 1.65. The Balaban J connectivity index is 1.53. The highest BCUT2D eigenvalue weighted by Crippen LogP contribution is 2.30. The van der Waals surface area contributed by atoms with Crippen LogP contribution in [0.1, 0.15) is 5.56 Å². The fourth-order valence-corrected chi connectivity index (χ4v) is 3.63. The third-order valence-corrected chi connectivity index (χ3v) is 5.17. The Morgan fingerprint density at radius 1 is 1.14 bits per heavy atom. The largest absolute Gasteiger partial charge is 0.367 e. The van der Waals surface area contributed by atoms with Gasteiger partial charge in [0.1, 0.15) is 0 Å². The van der Waals surface area contributed by atoms with Crippen molar-refractivity contribution >= 4 is 46.2 Å². The minimum atomic E-state index is -0.468. The van der Waals surface area contributed by atoms with Crippen LogP contribution >= 0.6 is 23.8 Å². The van der Waals surface area contributed by atoms with E-state index < -0.39 is 4.92 Å². The second-order valence-corrected chi connectivity index (χ2v) is 7.18. The lowest BCUT2D eigenvalue weighted by molar-refractivity contribution is -0.384. The molecule has 0 atom stereocenters. The summed E-state index contributed by atoms with van der Waals surface area (Å²) in [5.74, 6) is -0.142. The maximum atomic E-state index is 12.2. The van der Waals surface area contributed by atoms with E-state index in [0.29, 0.717) is 36.3 Å². The van der Waals surface area contributed by atoms with Gasteiger partial charge in [-0.3, -0.25) is 14.9 Å². The van der Waals surface area contributed by atoms with Crippen LogP contribution in [0.3, 0.4) is 0 Å². The molecule has 1 aliphatic rings. The minimum absolute atomic E-state index is 0.0327. The maximum Gasteiger partial charge on any atom is 0.271 e. The maximum absolute atomic E-state index is 12.2. The molecular weight excluding hydrogens is 400 g/mol. The van der Waals surface area contributed by atoms with E-state index in [0.717, 1.165) is 11.3 Å². The van der Waals surface area contributed by atoms with Crippen molar-refractivity contribution in [3.05, 3.63) is 69.2 Å². The number of amides is 1. The third kappa shape index (κ3) is 4.96. The van der Waals surface area contributed by atoms with Gasteiger partial charge in [-0.25, -0.2) is 0 Å². The Morgan fingerprint density at radius 2 is 1.82 bits per heavy atom. The molecule has 0 aromatic heterocycles. The molecule has 2 aromatic rings. The number of non-ortho nitro benzene ring substituents is 1. The van der Waals surface area contributed by atoms with Gasteiger partial charge in [0.05, 0.1) is 22.1 Å². The van der Waals surface area contributed by atoms with Gasteiger partial charge in [0.2, 0.25) is 5.91 Å². The van der Waals surface area contributed by atoms with Crippen molar-refractivity contribution in [3.8, 4) is 0 Å². The number of thiocarbonyl (C=S) groups is 1. The number of rotatable bonds is 4.